The molecule has 0 unspecified atom stereocenters. The first-order valence-corrected chi connectivity index (χ1v) is 23.4. The van der Waals surface area contributed by atoms with E-state index in [0.29, 0.717) is 0 Å². The van der Waals surface area contributed by atoms with E-state index < -0.39 is 0 Å². The summed E-state index contributed by atoms with van der Waals surface area (Å²) in [5, 5.41) is 7.55. The van der Waals surface area contributed by atoms with E-state index in [9.17, 15) is 0 Å². The van der Waals surface area contributed by atoms with Gasteiger partial charge >= 0.3 is 0 Å². The van der Waals surface area contributed by atoms with E-state index in [4.69, 9.17) is 0 Å². The summed E-state index contributed by atoms with van der Waals surface area (Å²) in [5.74, 6) is 0. The van der Waals surface area contributed by atoms with Crippen LogP contribution in [0.4, 0.5) is 0 Å². The van der Waals surface area contributed by atoms with Crippen LogP contribution in [0.2, 0.25) is 0 Å². The molecule has 2 aliphatic rings. The molecule has 0 saturated heterocycles. The Morgan fingerprint density at radius 3 is 1.44 bits per heavy atom. The quantitative estimate of drug-likeness (QED) is 0.120. The number of hydrogen-bond donors (Lipinski definition) is 0. The summed E-state index contributed by atoms with van der Waals surface area (Å²) in [6, 6.07) is 82.0. The van der Waals surface area contributed by atoms with Gasteiger partial charge in [0.1, 0.15) is 0 Å². The minimum absolute atomic E-state index is 0.0456. The Morgan fingerprint density at radius 1 is 0.242 bits per heavy atom. The van der Waals surface area contributed by atoms with Crippen LogP contribution in [-0.4, -0.2) is 0 Å². The lowest BCUT2D eigenvalue weighted by molar-refractivity contribution is 0.652. The molecule has 11 aromatic rings. The SMILES string of the molecule is CC1(C)c2ccccc2-c2cc3c(cc21)-c1ccc(-c2ccc(-c4c5ccccc5c(-c5ccccc5-c5ccccc5)c5ccc6ccccc6c45)cc2-c2ccccc2)cc1C3(C)C. The molecular formula is C66H48. The van der Waals surface area contributed by atoms with Gasteiger partial charge in [0.2, 0.25) is 0 Å². The molecule has 11 aromatic carbocycles. The van der Waals surface area contributed by atoms with Gasteiger partial charge in [0.25, 0.3) is 0 Å². The van der Waals surface area contributed by atoms with Crippen LogP contribution in [0.3, 0.4) is 0 Å². The Bertz CT molecular complexity index is 3790. The van der Waals surface area contributed by atoms with Gasteiger partial charge in [-0.2, -0.15) is 0 Å². The van der Waals surface area contributed by atoms with E-state index in [1.165, 1.54) is 132 Å². The van der Waals surface area contributed by atoms with Crippen molar-refractivity contribution in [1.29, 1.82) is 0 Å². The number of benzene rings is 11. The lowest BCUT2D eigenvalue weighted by Crippen LogP contribution is -2.17. The van der Waals surface area contributed by atoms with Gasteiger partial charge in [-0.25, -0.2) is 0 Å². The lowest BCUT2D eigenvalue weighted by atomic mass is 9.79. The predicted octanol–water partition coefficient (Wildman–Crippen LogP) is 18.1. The molecule has 0 saturated carbocycles. The summed E-state index contributed by atoms with van der Waals surface area (Å²) in [6.45, 7) is 9.61. The molecule has 0 N–H and O–H groups in total. The standard InChI is InChI=1S/C66H48/c1-65(2)58-30-18-17-26-49(58)56-39-61-57(40-60(56)65)50-35-32-44(38-59(50)66(61,3)4)47-34-33-45(37-55(47)42-21-9-6-10-22-42)62-52-28-15-16-29-53(52)63(54-36-31-43-23-11-12-25-48(43)64(54)62)51-27-14-13-24-46(51)41-19-7-5-8-20-41/h5-40H,1-4H3. The van der Waals surface area contributed by atoms with Gasteiger partial charge in [-0.3, -0.25) is 0 Å². The highest BCUT2D eigenvalue weighted by Gasteiger charge is 2.41. The van der Waals surface area contributed by atoms with E-state index in [1.54, 1.807) is 0 Å². The van der Waals surface area contributed by atoms with Gasteiger partial charge < -0.3 is 0 Å². The first-order chi connectivity index (χ1) is 32.3. The van der Waals surface area contributed by atoms with Gasteiger partial charge in [-0.1, -0.05) is 222 Å². The van der Waals surface area contributed by atoms with Crippen molar-refractivity contribution in [2.75, 3.05) is 0 Å². The second-order valence-electron chi connectivity index (χ2n) is 19.5. The maximum atomic E-state index is 2.52. The fourth-order valence-corrected chi connectivity index (χ4v) is 12.0. The molecule has 2 aliphatic carbocycles. The highest BCUT2D eigenvalue weighted by atomic mass is 14.4. The summed E-state index contributed by atoms with van der Waals surface area (Å²) < 4.78 is 0. The second kappa shape index (κ2) is 14.4. The summed E-state index contributed by atoms with van der Waals surface area (Å²) in [6.07, 6.45) is 0. The van der Waals surface area contributed by atoms with E-state index >= 15 is 0 Å². The molecule has 0 radical (unpaired) electrons. The third kappa shape index (κ3) is 5.58. The Balaban J connectivity index is 1.03. The minimum atomic E-state index is -0.163. The molecule has 312 valence electrons. The van der Waals surface area contributed by atoms with Gasteiger partial charge in [-0.15, -0.1) is 0 Å². The molecular weight excluding hydrogens is 793 g/mol. The maximum Gasteiger partial charge on any atom is 0.0159 e. The zero-order valence-electron chi connectivity index (χ0n) is 37.8. The average Bonchev–Trinajstić information content (AvgIpc) is 3.73. The van der Waals surface area contributed by atoms with Crippen molar-refractivity contribution in [3.63, 3.8) is 0 Å². The van der Waals surface area contributed by atoms with Gasteiger partial charge in [0.15, 0.2) is 0 Å². The molecule has 0 atom stereocenters. The molecule has 0 fully saturated rings. The molecule has 0 nitrogen and oxygen atoms in total. The van der Waals surface area contributed by atoms with Crippen LogP contribution in [0.1, 0.15) is 49.9 Å². The second-order valence-corrected chi connectivity index (χ2v) is 19.5. The molecule has 0 amide bonds. The number of hydrogen-bond acceptors (Lipinski definition) is 0. The van der Waals surface area contributed by atoms with Crippen LogP contribution in [0, 0.1) is 0 Å². The van der Waals surface area contributed by atoms with Crippen molar-refractivity contribution in [2.45, 2.75) is 38.5 Å². The minimum Gasteiger partial charge on any atom is -0.0622 e. The van der Waals surface area contributed by atoms with Gasteiger partial charge in [-0.05, 0) is 157 Å². The molecule has 0 heterocycles. The first-order valence-electron chi connectivity index (χ1n) is 23.4. The highest BCUT2D eigenvalue weighted by molar-refractivity contribution is 6.28. The van der Waals surface area contributed by atoms with Gasteiger partial charge in [0, 0.05) is 10.8 Å². The predicted molar refractivity (Wildman–Crippen MR) is 281 cm³/mol. The number of rotatable bonds is 5. The zero-order chi connectivity index (χ0) is 44.3. The van der Waals surface area contributed by atoms with E-state index in [0.717, 1.165) is 0 Å². The van der Waals surface area contributed by atoms with E-state index in [-0.39, 0.29) is 10.8 Å². The fourth-order valence-electron chi connectivity index (χ4n) is 12.0. The largest absolute Gasteiger partial charge is 0.0622 e. The van der Waals surface area contributed by atoms with Gasteiger partial charge in [0.05, 0.1) is 0 Å². The summed E-state index contributed by atoms with van der Waals surface area (Å²) >= 11 is 0. The Morgan fingerprint density at radius 2 is 0.727 bits per heavy atom. The van der Waals surface area contributed by atoms with E-state index in [1.807, 2.05) is 0 Å². The molecule has 0 aromatic heterocycles. The normalized spacial score (nSPS) is 14.0. The maximum absolute atomic E-state index is 2.52. The molecule has 0 bridgehead atoms. The van der Waals surface area contributed by atoms with Crippen molar-refractivity contribution >= 4 is 32.3 Å². The van der Waals surface area contributed by atoms with Crippen molar-refractivity contribution < 1.29 is 0 Å². The molecule has 13 rings (SSSR count). The van der Waals surface area contributed by atoms with Crippen molar-refractivity contribution in [3.8, 4) is 77.9 Å². The number of fused-ring (bicyclic) bond motifs is 10. The van der Waals surface area contributed by atoms with Crippen LogP contribution < -0.4 is 0 Å². The Kier molecular flexibility index (Phi) is 8.40. The Labute approximate surface area is 387 Å². The van der Waals surface area contributed by atoms with Crippen molar-refractivity contribution in [2.24, 2.45) is 0 Å². The molecule has 0 aliphatic heterocycles. The lowest BCUT2D eigenvalue weighted by Gasteiger charge is -2.24. The third-order valence-electron chi connectivity index (χ3n) is 15.3. The summed E-state index contributed by atoms with van der Waals surface area (Å²) in [5.41, 5.74) is 23.3. The zero-order valence-corrected chi connectivity index (χ0v) is 37.8. The third-order valence-corrected chi connectivity index (χ3v) is 15.3. The summed E-state index contributed by atoms with van der Waals surface area (Å²) in [7, 11) is 0. The molecule has 66 heavy (non-hydrogen) atoms. The van der Waals surface area contributed by atoms with Crippen molar-refractivity contribution in [3.05, 3.63) is 241 Å². The topological polar surface area (TPSA) is 0 Å². The van der Waals surface area contributed by atoms with Crippen LogP contribution in [0.5, 0.6) is 0 Å². The van der Waals surface area contributed by atoms with Crippen LogP contribution in [-0.2, 0) is 10.8 Å². The highest BCUT2D eigenvalue weighted by Crippen LogP contribution is 2.57. The van der Waals surface area contributed by atoms with Crippen molar-refractivity contribution in [1.82, 2.24) is 0 Å². The van der Waals surface area contributed by atoms with Crippen LogP contribution in [0.25, 0.3) is 110 Å². The molecule has 0 spiro atoms. The average molecular weight is 841 g/mol. The monoisotopic (exact) mass is 840 g/mol. The smallest absolute Gasteiger partial charge is 0.0159 e. The van der Waals surface area contributed by atoms with Crippen LogP contribution in [0.15, 0.2) is 218 Å². The van der Waals surface area contributed by atoms with E-state index in [2.05, 4.69) is 246 Å². The van der Waals surface area contributed by atoms with Crippen LogP contribution >= 0.6 is 0 Å². The Hall–Kier alpha value is -7.80. The molecule has 0 heteroatoms. The summed E-state index contributed by atoms with van der Waals surface area (Å²) in [4.78, 5) is 0. The fraction of sp³-hybridized carbons (Fsp3) is 0.0909. The first kappa shape index (κ1) is 38.6.